The van der Waals surface area contributed by atoms with Gasteiger partial charge in [0, 0.05) is 25.7 Å². The highest BCUT2D eigenvalue weighted by molar-refractivity contribution is 5.85. The van der Waals surface area contributed by atoms with Crippen molar-refractivity contribution in [3.63, 3.8) is 0 Å². The first-order chi connectivity index (χ1) is 7.81. The van der Waals surface area contributed by atoms with Gasteiger partial charge in [-0.05, 0) is 31.7 Å². The molecule has 0 aromatic heterocycles. The van der Waals surface area contributed by atoms with E-state index in [9.17, 15) is 4.79 Å². The van der Waals surface area contributed by atoms with E-state index >= 15 is 0 Å². The van der Waals surface area contributed by atoms with Gasteiger partial charge in [-0.1, -0.05) is 6.92 Å². The summed E-state index contributed by atoms with van der Waals surface area (Å²) >= 11 is 0. The summed E-state index contributed by atoms with van der Waals surface area (Å²) in [6, 6.07) is 0.653. The second kappa shape index (κ2) is 7.19. The van der Waals surface area contributed by atoms with E-state index < -0.39 is 0 Å². The fourth-order valence-corrected chi connectivity index (χ4v) is 2.67. The fourth-order valence-electron chi connectivity index (χ4n) is 2.67. The van der Waals surface area contributed by atoms with Gasteiger partial charge in [0.2, 0.25) is 5.91 Å². The van der Waals surface area contributed by atoms with Gasteiger partial charge >= 0.3 is 0 Å². The molecule has 2 heterocycles. The number of fused-ring (bicyclic) bond motifs is 1. The SMILES string of the molecule is CCCOCC(=O)N1CCC2NCCC2C1.Cl. The van der Waals surface area contributed by atoms with Crippen molar-refractivity contribution in [2.24, 2.45) is 5.92 Å². The van der Waals surface area contributed by atoms with Crippen LogP contribution in [0.3, 0.4) is 0 Å². The van der Waals surface area contributed by atoms with E-state index in [0.717, 1.165) is 32.5 Å². The molecule has 5 heteroatoms. The summed E-state index contributed by atoms with van der Waals surface area (Å²) in [5, 5.41) is 3.50. The summed E-state index contributed by atoms with van der Waals surface area (Å²) in [4.78, 5) is 13.8. The fraction of sp³-hybridized carbons (Fsp3) is 0.917. The number of hydrogen-bond donors (Lipinski definition) is 1. The summed E-state index contributed by atoms with van der Waals surface area (Å²) in [6.45, 7) is 5.93. The van der Waals surface area contributed by atoms with Crippen molar-refractivity contribution in [1.29, 1.82) is 0 Å². The van der Waals surface area contributed by atoms with Crippen molar-refractivity contribution in [2.45, 2.75) is 32.2 Å². The minimum absolute atomic E-state index is 0. The molecule has 0 aliphatic carbocycles. The molecule has 2 aliphatic rings. The van der Waals surface area contributed by atoms with E-state index in [1.807, 2.05) is 4.90 Å². The van der Waals surface area contributed by atoms with E-state index in [-0.39, 0.29) is 24.9 Å². The molecular formula is C12H23ClN2O2. The van der Waals surface area contributed by atoms with Crippen LogP contribution in [0.2, 0.25) is 0 Å². The van der Waals surface area contributed by atoms with Crippen LogP contribution in [-0.2, 0) is 9.53 Å². The molecular weight excluding hydrogens is 240 g/mol. The van der Waals surface area contributed by atoms with E-state index in [4.69, 9.17) is 4.74 Å². The van der Waals surface area contributed by atoms with Crippen molar-refractivity contribution in [1.82, 2.24) is 10.2 Å². The maximum atomic E-state index is 11.8. The first-order valence-electron chi connectivity index (χ1n) is 6.40. The lowest BCUT2D eigenvalue weighted by atomic mass is 9.93. The van der Waals surface area contributed by atoms with Crippen molar-refractivity contribution < 1.29 is 9.53 Å². The van der Waals surface area contributed by atoms with Crippen molar-refractivity contribution in [3.05, 3.63) is 0 Å². The van der Waals surface area contributed by atoms with Gasteiger partial charge < -0.3 is 15.0 Å². The van der Waals surface area contributed by atoms with Crippen LogP contribution in [0.1, 0.15) is 26.2 Å². The Balaban J connectivity index is 0.00000144. The van der Waals surface area contributed by atoms with Gasteiger partial charge in [-0.2, -0.15) is 0 Å². The minimum atomic E-state index is 0. The average Bonchev–Trinajstić information content (AvgIpc) is 2.76. The molecule has 17 heavy (non-hydrogen) atoms. The Morgan fingerprint density at radius 2 is 2.29 bits per heavy atom. The zero-order valence-electron chi connectivity index (χ0n) is 10.5. The highest BCUT2D eigenvalue weighted by atomic mass is 35.5. The minimum Gasteiger partial charge on any atom is -0.372 e. The molecule has 0 radical (unpaired) electrons. The molecule has 0 bridgehead atoms. The van der Waals surface area contributed by atoms with Crippen LogP contribution in [0, 0.1) is 5.92 Å². The van der Waals surface area contributed by atoms with Crippen molar-refractivity contribution in [2.75, 3.05) is 32.8 Å². The van der Waals surface area contributed by atoms with Crippen molar-refractivity contribution in [3.8, 4) is 0 Å². The van der Waals surface area contributed by atoms with Crippen LogP contribution in [0.25, 0.3) is 0 Å². The van der Waals surface area contributed by atoms with Gasteiger partial charge in [0.1, 0.15) is 6.61 Å². The number of carbonyl (C=O) groups excluding carboxylic acids is 1. The van der Waals surface area contributed by atoms with Crippen LogP contribution < -0.4 is 5.32 Å². The molecule has 2 rings (SSSR count). The Morgan fingerprint density at radius 1 is 1.47 bits per heavy atom. The zero-order chi connectivity index (χ0) is 11.4. The molecule has 2 atom stereocenters. The van der Waals surface area contributed by atoms with Gasteiger partial charge in [-0.3, -0.25) is 4.79 Å². The maximum Gasteiger partial charge on any atom is 0.248 e. The predicted octanol–water partition coefficient (Wildman–Crippen LogP) is 1.05. The quantitative estimate of drug-likeness (QED) is 0.770. The molecule has 0 aromatic rings. The molecule has 0 aromatic carbocycles. The Bertz CT molecular complexity index is 251. The van der Waals surface area contributed by atoms with Crippen LogP contribution >= 0.6 is 12.4 Å². The number of halogens is 1. The van der Waals surface area contributed by atoms with E-state index in [1.54, 1.807) is 0 Å². The van der Waals surface area contributed by atoms with Gasteiger partial charge in [0.25, 0.3) is 0 Å². The number of carbonyl (C=O) groups is 1. The van der Waals surface area contributed by atoms with E-state index in [0.29, 0.717) is 18.6 Å². The van der Waals surface area contributed by atoms with Gasteiger partial charge in [0.15, 0.2) is 0 Å². The topological polar surface area (TPSA) is 41.6 Å². The predicted molar refractivity (Wildman–Crippen MR) is 69.5 cm³/mol. The Labute approximate surface area is 109 Å². The maximum absolute atomic E-state index is 11.8. The smallest absolute Gasteiger partial charge is 0.248 e. The number of likely N-dealkylation sites (tertiary alicyclic amines) is 1. The summed E-state index contributed by atoms with van der Waals surface area (Å²) in [7, 11) is 0. The second-order valence-corrected chi connectivity index (χ2v) is 4.79. The van der Waals surface area contributed by atoms with Crippen molar-refractivity contribution >= 4 is 18.3 Å². The average molecular weight is 263 g/mol. The van der Waals surface area contributed by atoms with E-state index in [1.165, 1.54) is 6.42 Å². The molecule has 0 saturated carbocycles. The number of nitrogens with zero attached hydrogens (tertiary/aromatic N) is 1. The molecule has 2 fully saturated rings. The summed E-state index contributed by atoms with van der Waals surface area (Å²) < 4.78 is 5.30. The second-order valence-electron chi connectivity index (χ2n) is 4.79. The van der Waals surface area contributed by atoms with Gasteiger partial charge in [-0.25, -0.2) is 0 Å². The summed E-state index contributed by atoms with van der Waals surface area (Å²) in [5.74, 6) is 0.836. The van der Waals surface area contributed by atoms with E-state index in [2.05, 4.69) is 12.2 Å². The van der Waals surface area contributed by atoms with Crippen LogP contribution in [0.15, 0.2) is 0 Å². The molecule has 4 nitrogen and oxygen atoms in total. The first-order valence-corrected chi connectivity index (χ1v) is 6.40. The summed E-state index contributed by atoms with van der Waals surface area (Å²) in [5.41, 5.74) is 0. The Morgan fingerprint density at radius 3 is 3.06 bits per heavy atom. The number of hydrogen-bond acceptors (Lipinski definition) is 3. The largest absolute Gasteiger partial charge is 0.372 e. The monoisotopic (exact) mass is 262 g/mol. The highest BCUT2D eigenvalue weighted by Gasteiger charge is 2.34. The van der Waals surface area contributed by atoms with Gasteiger partial charge in [0.05, 0.1) is 0 Å². The third kappa shape index (κ3) is 3.83. The lowest BCUT2D eigenvalue weighted by Crippen LogP contribution is -2.47. The molecule has 2 unspecified atom stereocenters. The number of nitrogens with one attached hydrogen (secondary N) is 1. The lowest BCUT2D eigenvalue weighted by molar-refractivity contribution is -0.138. The Hall–Kier alpha value is -0.320. The zero-order valence-corrected chi connectivity index (χ0v) is 11.3. The summed E-state index contributed by atoms with van der Waals surface area (Å²) in [6.07, 6.45) is 3.29. The molecule has 0 spiro atoms. The first kappa shape index (κ1) is 14.7. The molecule has 2 aliphatic heterocycles. The van der Waals surface area contributed by atoms with Gasteiger partial charge in [-0.15, -0.1) is 12.4 Å². The molecule has 2 saturated heterocycles. The normalized spacial score (nSPS) is 27.5. The molecule has 1 N–H and O–H groups in total. The highest BCUT2D eigenvalue weighted by Crippen LogP contribution is 2.24. The third-order valence-corrected chi connectivity index (χ3v) is 3.58. The molecule has 100 valence electrons. The van der Waals surface area contributed by atoms with Crippen LogP contribution in [0.5, 0.6) is 0 Å². The van der Waals surface area contributed by atoms with Crippen LogP contribution in [0.4, 0.5) is 0 Å². The number of amides is 1. The molecule has 1 amide bonds. The number of piperidine rings is 1. The standard InChI is InChI=1S/C12H22N2O2.ClH/c1-2-7-16-9-12(15)14-6-4-11-10(8-14)3-5-13-11;/h10-11,13H,2-9H2,1H3;1H. The van der Waals surface area contributed by atoms with Crippen LogP contribution in [-0.4, -0.2) is 49.7 Å². The number of ether oxygens (including phenoxy) is 1. The lowest BCUT2D eigenvalue weighted by Gasteiger charge is -2.34. The third-order valence-electron chi connectivity index (χ3n) is 3.58. The number of rotatable bonds is 4. The Kier molecular flexibility index (Phi) is 6.23.